The molecule has 0 unspecified atom stereocenters. The van der Waals surface area contributed by atoms with Crippen LogP contribution < -0.4 is 10.5 Å². The van der Waals surface area contributed by atoms with E-state index in [4.69, 9.17) is 5.73 Å². The Hall–Kier alpha value is -2.71. The minimum atomic E-state index is -3.61. The van der Waals surface area contributed by atoms with Crippen LogP contribution in [0.3, 0.4) is 0 Å². The molecule has 0 aliphatic carbocycles. The summed E-state index contributed by atoms with van der Waals surface area (Å²) < 4.78 is 29.0. The minimum Gasteiger partial charge on any atom is -0.366 e. The predicted molar refractivity (Wildman–Crippen MR) is 94.5 cm³/mol. The first kappa shape index (κ1) is 17.1. The number of hydrogen-bond donors (Lipinski definition) is 2. The molecule has 7 nitrogen and oxygen atoms in total. The number of hydrogen-bond acceptors (Lipinski definition) is 4. The number of primary amides is 1. The highest BCUT2D eigenvalue weighted by Gasteiger charge is 2.13. The van der Waals surface area contributed by atoms with Gasteiger partial charge in [0.25, 0.3) is 0 Å². The monoisotopic (exact) mass is 358 g/mol. The summed E-state index contributed by atoms with van der Waals surface area (Å²) in [6, 6.07) is 13.3. The van der Waals surface area contributed by atoms with Gasteiger partial charge in [-0.1, -0.05) is 12.1 Å². The molecule has 3 N–H and O–H groups in total. The van der Waals surface area contributed by atoms with E-state index in [1.165, 1.54) is 24.3 Å². The molecule has 0 spiro atoms. The topological polar surface area (TPSA) is 107 Å². The smallest absolute Gasteiger partial charge is 0.248 e. The van der Waals surface area contributed by atoms with Gasteiger partial charge in [0.15, 0.2) is 0 Å². The number of imidazole rings is 1. The van der Waals surface area contributed by atoms with Crippen LogP contribution in [-0.4, -0.2) is 30.4 Å². The third kappa shape index (κ3) is 3.86. The van der Waals surface area contributed by atoms with E-state index in [2.05, 4.69) is 9.71 Å². The number of aromatic nitrogens is 2. The number of rotatable bonds is 7. The number of nitrogens with two attached hydrogens (primary N) is 1. The van der Waals surface area contributed by atoms with Crippen LogP contribution in [-0.2, 0) is 16.6 Å². The number of benzene rings is 2. The van der Waals surface area contributed by atoms with E-state index in [9.17, 15) is 13.2 Å². The van der Waals surface area contributed by atoms with Gasteiger partial charge in [0, 0.05) is 18.7 Å². The summed E-state index contributed by atoms with van der Waals surface area (Å²) in [6.45, 7) is 0.954. The first-order valence-electron chi connectivity index (χ1n) is 7.77. The molecule has 3 rings (SSSR count). The molecule has 25 heavy (non-hydrogen) atoms. The lowest BCUT2D eigenvalue weighted by atomic mass is 10.2. The van der Waals surface area contributed by atoms with Crippen molar-refractivity contribution in [3.8, 4) is 0 Å². The lowest BCUT2D eigenvalue weighted by Crippen LogP contribution is -2.25. The van der Waals surface area contributed by atoms with E-state index in [0.717, 1.165) is 11.0 Å². The van der Waals surface area contributed by atoms with Crippen LogP contribution in [0.1, 0.15) is 16.8 Å². The Labute approximate surface area is 145 Å². The molecule has 0 bridgehead atoms. The Balaban J connectivity index is 1.58. The zero-order chi connectivity index (χ0) is 17.9. The molecular weight excluding hydrogens is 340 g/mol. The van der Waals surface area contributed by atoms with Gasteiger partial charge >= 0.3 is 0 Å². The molecule has 1 aromatic heterocycles. The SMILES string of the molecule is NC(=O)c1ccc(S(=O)(=O)NCCCn2cnc3ccccc32)cc1. The predicted octanol–water partition coefficient (Wildman–Crippen LogP) is 1.50. The number of amides is 1. The molecule has 0 saturated carbocycles. The summed E-state index contributed by atoms with van der Waals surface area (Å²) in [4.78, 5) is 15.4. The van der Waals surface area contributed by atoms with Gasteiger partial charge in [-0.25, -0.2) is 18.1 Å². The quantitative estimate of drug-likeness (QED) is 0.624. The summed E-state index contributed by atoms with van der Waals surface area (Å²) in [7, 11) is -3.61. The highest BCUT2D eigenvalue weighted by molar-refractivity contribution is 7.89. The lowest BCUT2D eigenvalue weighted by Gasteiger charge is -2.08. The molecule has 0 fully saturated rings. The van der Waals surface area contributed by atoms with Crippen molar-refractivity contribution >= 4 is 27.0 Å². The van der Waals surface area contributed by atoms with Gasteiger partial charge in [0.1, 0.15) is 0 Å². The summed E-state index contributed by atoms with van der Waals surface area (Å²) in [5.74, 6) is -0.593. The third-order valence-corrected chi connectivity index (χ3v) is 5.32. The van der Waals surface area contributed by atoms with Crippen LogP contribution in [0.15, 0.2) is 59.8 Å². The fourth-order valence-electron chi connectivity index (χ4n) is 2.53. The molecule has 1 heterocycles. The number of carbonyl (C=O) groups excluding carboxylic acids is 1. The summed E-state index contributed by atoms with van der Waals surface area (Å²) >= 11 is 0. The fourth-order valence-corrected chi connectivity index (χ4v) is 3.60. The zero-order valence-electron chi connectivity index (χ0n) is 13.4. The number of para-hydroxylation sites is 2. The van der Waals surface area contributed by atoms with Gasteiger partial charge in [-0.3, -0.25) is 4.79 Å². The Morgan fingerprint density at radius 2 is 1.84 bits per heavy atom. The van der Waals surface area contributed by atoms with Crippen molar-refractivity contribution in [3.63, 3.8) is 0 Å². The minimum absolute atomic E-state index is 0.102. The molecule has 3 aromatic rings. The number of nitrogens with one attached hydrogen (secondary N) is 1. The number of fused-ring (bicyclic) bond motifs is 1. The standard InChI is InChI=1S/C17H18N4O3S/c18-17(22)13-6-8-14(9-7-13)25(23,24)20-10-3-11-21-12-19-15-4-1-2-5-16(15)21/h1-2,4-9,12,20H,3,10-11H2,(H2,18,22). The third-order valence-electron chi connectivity index (χ3n) is 3.84. The average molecular weight is 358 g/mol. The molecule has 0 aliphatic rings. The second kappa shape index (κ2) is 7.04. The molecule has 0 radical (unpaired) electrons. The number of nitrogens with zero attached hydrogens (tertiary/aromatic N) is 2. The zero-order valence-corrected chi connectivity index (χ0v) is 14.2. The van der Waals surface area contributed by atoms with Crippen molar-refractivity contribution in [2.75, 3.05) is 6.54 Å². The van der Waals surface area contributed by atoms with E-state index in [1.54, 1.807) is 6.33 Å². The second-order valence-electron chi connectivity index (χ2n) is 5.57. The van der Waals surface area contributed by atoms with Crippen molar-refractivity contribution < 1.29 is 13.2 Å². The summed E-state index contributed by atoms with van der Waals surface area (Å²) in [5.41, 5.74) is 7.35. The first-order valence-corrected chi connectivity index (χ1v) is 9.25. The van der Waals surface area contributed by atoms with Gasteiger partial charge in [-0.05, 0) is 42.8 Å². The maximum Gasteiger partial charge on any atom is 0.248 e. The largest absolute Gasteiger partial charge is 0.366 e. The summed E-state index contributed by atoms with van der Waals surface area (Å²) in [6.07, 6.45) is 2.38. The van der Waals surface area contributed by atoms with Crippen LogP contribution >= 0.6 is 0 Å². The molecule has 0 aliphatic heterocycles. The number of aryl methyl sites for hydroxylation is 1. The molecule has 8 heteroatoms. The normalized spacial score (nSPS) is 11.7. The van der Waals surface area contributed by atoms with Crippen molar-refractivity contribution in [3.05, 3.63) is 60.4 Å². The molecule has 1 amide bonds. The number of carbonyl (C=O) groups is 1. The highest BCUT2D eigenvalue weighted by atomic mass is 32.2. The average Bonchev–Trinajstić information content (AvgIpc) is 3.02. The molecule has 2 aromatic carbocycles. The molecular formula is C17H18N4O3S. The first-order chi connectivity index (χ1) is 12.0. The van der Waals surface area contributed by atoms with E-state index in [0.29, 0.717) is 19.5 Å². The van der Waals surface area contributed by atoms with Crippen LogP contribution in [0.2, 0.25) is 0 Å². The Bertz CT molecular complexity index is 994. The molecule has 130 valence electrons. The highest BCUT2D eigenvalue weighted by Crippen LogP contribution is 2.13. The van der Waals surface area contributed by atoms with Crippen molar-refractivity contribution in [2.24, 2.45) is 5.73 Å². The van der Waals surface area contributed by atoms with E-state index < -0.39 is 15.9 Å². The molecule has 0 saturated heterocycles. The molecule has 0 atom stereocenters. The van der Waals surface area contributed by atoms with Crippen LogP contribution in [0.5, 0.6) is 0 Å². The maximum absolute atomic E-state index is 12.2. The van der Waals surface area contributed by atoms with Gasteiger partial charge in [0.05, 0.1) is 22.3 Å². The van der Waals surface area contributed by atoms with Crippen LogP contribution in [0, 0.1) is 0 Å². The van der Waals surface area contributed by atoms with Crippen LogP contribution in [0.4, 0.5) is 0 Å². The van der Waals surface area contributed by atoms with Gasteiger partial charge in [-0.15, -0.1) is 0 Å². The number of sulfonamides is 1. The van der Waals surface area contributed by atoms with Gasteiger partial charge in [0.2, 0.25) is 15.9 Å². The maximum atomic E-state index is 12.2. The Morgan fingerprint density at radius 1 is 1.12 bits per heavy atom. The van der Waals surface area contributed by atoms with Crippen molar-refractivity contribution in [2.45, 2.75) is 17.9 Å². The van der Waals surface area contributed by atoms with Crippen molar-refractivity contribution in [1.82, 2.24) is 14.3 Å². The summed E-state index contributed by atoms with van der Waals surface area (Å²) in [5, 5.41) is 0. The lowest BCUT2D eigenvalue weighted by molar-refractivity contribution is 0.1000. The van der Waals surface area contributed by atoms with E-state index in [1.807, 2.05) is 28.8 Å². The van der Waals surface area contributed by atoms with Gasteiger partial charge in [-0.2, -0.15) is 0 Å². The van der Waals surface area contributed by atoms with Crippen LogP contribution in [0.25, 0.3) is 11.0 Å². The Morgan fingerprint density at radius 3 is 2.56 bits per heavy atom. The van der Waals surface area contributed by atoms with Crippen molar-refractivity contribution in [1.29, 1.82) is 0 Å². The Kier molecular flexibility index (Phi) is 4.82. The second-order valence-corrected chi connectivity index (χ2v) is 7.33. The fraction of sp³-hybridized carbons (Fsp3) is 0.176. The van der Waals surface area contributed by atoms with E-state index >= 15 is 0 Å². The van der Waals surface area contributed by atoms with E-state index in [-0.39, 0.29) is 10.5 Å². The van der Waals surface area contributed by atoms with Gasteiger partial charge < -0.3 is 10.3 Å².